The van der Waals surface area contributed by atoms with Crippen LogP contribution in [0.1, 0.15) is 49.5 Å². The van der Waals surface area contributed by atoms with Crippen molar-refractivity contribution in [2.75, 3.05) is 13.1 Å². The van der Waals surface area contributed by atoms with Gasteiger partial charge in [0.1, 0.15) is 0 Å². The van der Waals surface area contributed by atoms with E-state index in [4.69, 9.17) is 0 Å². The number of aliphatic hydroxyl groups excluding tert-OH is 1. The molecule has 1 fully saturated rings. The second-order valence-corrected chi connectivity index (χ2v) is 6.68. The van der Waals surface area contributed by atoms with Gasteiger partial charge in [-0.05, 0) is 58.2 Å². The average molecular weight is 277 g/mol. The van der Waals surface area contributed by atoms with E-state index >= 15 is 0 Å². The van der Waals surface area contributed by atoms with E-state index < -0.39 is 11.7 Å². The van der Waals surface area contributed by atoms with Gasteiger partial charge in [0.05, 0.1) is 11.7 Å². The van der Waals surface area contributed by atoms with Crippen LogP contribution in [0.15, 0.2) is 18.2 Å². The van der Waals surface area contributed by atoms with E-state index in [1.54, 1.807) is 0 Å². The van der Waals surface area contributed by atoms with E-state index in [-0.39, 0.29) is 6.04 Å². The number of benzene rings is 1. The fourth-order valence-electron chi connectivity index (χ4n) is 3.28. The zero-order valence-corrected chi connectivity index (χ0v) is 13.1. The van der Waals surface area contributed by atoms with Gasteiger partial charge in [-0.15, -0.1) is 0 Å². The van der Waals surface area contributed by atoms with Crippen LogP contribution in [-0.4, -0.2) is 39.8 Å². The first-order chi connectivity index (χ1) is 9.29. The maximum Gasteiger partial charge on any atom is 0.0919 e. The highest BCUT2D eigenvalue weighted by Gasteiger charge is 2.36. The van der Waals surface area contributed by atoms with Gasteiger partial charge in [0, 0.05) is 12.6 Å². The van der Waals surface area contributed by atoms with Gasteiger partial charge < -0.3 is 10.2 Å². The summed E-state index contributed by atoms with van der Waals surface area (Å²) < 4.78 is 0. The van der Waals surface area contributed by atoms with Gasteiger partial charge >= 0.3 is 0 Å². The molecule has 2 N–H and O–H groups in total. The fraction of sp³-hybridized carbons (Fsp3) is 0.647. The summed E-state index contributed by atoms with van der Waals surface area (Å²) in [7, 11) is 0. The molecule has 0 spiro atoms. The molecule has 20 heavy (non-hydrogen) atoms. The molecule has 0 aliphatic carbocycles. The zero-order valence-electron chi connectivity index (χ0n) is 13.1. The molecule has 1 aliphatic rings. The monoisotopic (exact) mass is 277 g/mol. The van der Waals surface area contributed by atoms with Crippen LogP contribution in [-0.2, 0) is 0 Å². The maximum atomic E-state index is 10.5. The van der Waals surface area contributed by atoms with Crippen molar-refractivity contribution in [3.05, 3.63) is 34.9 Å². The first kappa shape index (κ1) is 15.5. The number of β-amino-alcohol motifs (C(OH)–C–C–N with tert-alkyl or cyclic N) is 1. The molecule has 0 bridgehead atoms. The van der Waals surface area contributed by atoms with E-state index in [1.807, 2.05) is 27.7 Å². The van der Waals surface area contributed by atoms with Crippen molar-refractivity contribution in [2.24, 2.45) is 0 Å². The van der Waals surface area contributed by atoms with Gasteiger partial charge in [-0.3, -0.25) is 4.90 Å². The molecular formula is C17H27NO2. The van der Waals surface area contributed by atoms with Crippen LogP contribution in [0, 0.1) is 13.8 Å². The van der Waals surface area contributed by atoms with Crippen molar-refractivity contribution in [1.29, 1.82) is 0 Å². The molecule has 2 atom stereocenters. The number of aliphatic hydroxyl groups is 2. The van der Waals surface area contributed by atoms with Crippen molar-refractivity contribution in [3.8, 4) is 0 Å². The van der Waals surface area contributed by atoms with E-state index in [0.29, 0.717) is 6.54 Å². The Labute approximate surface area is 122 Å². The lowest BCUT2D eigenvalue weighted by Gasteiger charge is -2.35. The standard InChI is InChI=1S/C17H27NO2/c1-12-7-8-13(2)14(10-12)15(19)11-18-9-5-6-16(18)17(3,4)20/h7-8,10,15-16,19-20H,5-6,9,11H2,1-4H3/t15-,16+/m1/s1. The fourth-order valence-corrected chi connectivity index (χ4v) is 3.28. The summed E-state index contributed by atoms with van der Waals surface area (Å²) in [5, 5.41) is 20.8. The number of hydrogen-bond donors (Lipinski definition) is 2. The Bertz CT molecular complexity index is 465. The van der Waals surface area contributed by atoms with Crippen molar-refractivity contribution in [3.63, 3.8) is 0 Å². The van der Waals surface area contributed by atoms with Crippen LogP contribution >= 0.6 is 0 Å². The van der Waals surface area contributed by atoms with Gasteiger partial charge in [0.2, 0.25) is 0 Å². The lowest BCUT2D eigenvalue weighted by molar-refractivity contribution is -0.0161. The Balaban J connectivity index is 2.11. The highest BCUT2D eigenvalue weighted by atomic mass is 16.3. The topological polar surface area (TPSA) is 43.7 Å². The SMILES string of the molecule is Cc1ccc(C)c([C@H](O)CN2CCC[C@H]2C(C)(C)O)c1. The van der Waals surface area contributed by atoms with E-state index in [0.717, 1.165) is 30.5 Å². The molecule has 0 unspecified atom stereocenters. The molecule has 0 aromatic heterocycles. The number of likely N-dealkylation sites (tertiary alicyclic amines) is 1. The van der Waals surface area contributed by atoms with Crippen LogP contribution in [0.2, 0.25) is 0 Å². The predicted octanol–water partition coefficient (Wildman–Crippen LogP) is 2.57. The molecule has 1 aromatic carbocycles. The minimum absolute atomic E-state index is 0.141. The molecule has 3 nitrogen and oxygen atoms in total. The minimum Gasteiger partial charge on any atom is -0.389 e. The molecule has 2 rings (SSSR count). The summed E-state index contributed by atoms with van der Waals surface area (Å²) in [5.74, 6) is 0. The summed E-state index contributed by atoms with van der Waals surface area (Å²) in [6, 6.07) is 6.34. The van der Waals surface area contributed by atoms with Crippen molar-refractivity contribution < 1.29 is 10.2 Å². The highest BCUT2D eigenvalue weighted by Crippen LogP contribution is 2.29. The van der Waals surface area contributed by atoms with Crippen molar-refractivity contribution >= 4 is 0 Å². The normalized spacial score (nSPS) is 22.2. The summed E-state index contributed by atoms with van der Waals surface area (Å²) >= 11 is 0. The Morgan fingerprint density at radius 1 is 1.35 bits per heavy atom. The molecule has 1 aliphatic heterocycles. The zero-order chi connectivity index (χ0) is 14.9. The summed E-state index contributed by atoms with van der Waals surface area (Å²) in [6.45, 7) is 9.36. The Hall–Kier alpha value is -0.900. The van der Waals surface area contributed by atoms with Crippen LogP contribution in [0.4, 0.5) is 0 Å². The third-order valence-electron chi connectivity index (χ3n) is 4.38. The molecule has 1 saturated heterocycles. The molecule has 1 heterocycles. The van der Waals surface area contributed by atoms with E-state index in [9.17, 15) is 10.2 Å². The van der Waals surface area contributed by atoms with E-state index in [2.05, 4.69) is 23.1 Å². The second kappa shape index (κ2) is 5.84. The average Bonchev–Trinajstić information content (AvgIpc) is 2.80. The quantitative estimate of drug-likeness (QED) is 0.889. The van der Waals surface area contributed by atoms with Crippen LogP contribution in [0.5, 0.6) is 0 Å². The third kappa shape index (κ3) is 3.40. The van der Waals surface area contributed by atoms with Gasteiger partial charge in [0.15, 0.2) is 0 Å². The summed E-state index contributed by atoms with van der Waals surface area (Å²) in [5.41, 5.74) is 2.59. The van der Waals surface area contributed by atoms with Crippen LogP contribution in [0.25, 0.3) is 0 Å². The van der Waals surface area contributed by atoms with Gasteiger partial charge in [-0.2, -0.15) is 0 Å². The molecular weight excluding hydrogens is 250 g/mol. The molecule has 0 amide bonds. The number of aryl methyl sites for hydroxylation is 2. The molecule has 0 radical (unpaired) electrons. The van der Waals surface area contributed by atoms with Gasteiger partial charge in [-0.25, -0.2) is 0 Å². The first-order valence-electron chi connectivity index (χ1n) is 7.50. The maximum absolute atomic E-state index is 10.5. The van der Waals surface area contributed by atoms with Crippen molar-refractivity contribution in [1.82, 2.24) is 4.90 Å². The first-order valence-corrected chi connectivity index (χ1v) is 7.50. The highest BCUT2D eigenvalue weighted by molar-refractivity contribution is 5.32. The minimum atomic E-state index is -0.710. The largest absolute Gasteiger partial charge is 0.389 e. The summed E-state index contributed by atoms with van der Waals surface area (Å²) in [6.07, 6.45) is 1.61. The Morgan fingerprint density at radius 3 is 2.70 bits per heavy atom. The van der Waals surface area contributed by atoms with E-state index in [1.165, 1.54) is 5.56 Å². The van der Waals surface area contributed by atoms with Crippen LogP contribution < -0.4 is 0 Å². The lowest BCUT2D eigenvalue weighted by atomic mass is 9.95. The van der Waals surface area contributed by atoms with Crippen LogP contribution in [0.3, 0.4) is 0 Å². The smallest absolute Gasteiger partial charge is 0.0919 e. The Morgan fingerprint density at radius 2 is 2.05 bits per heavy atom. The van der Waals surface area contributed by atoms with Gasteiger partial charge in [0.25, 0.3) is 0 Å². The lowest BCUT2D eigenvalue weighted by Crippen LogP contribution is -2.46. The molecule has 0 saturated carbocycles. The molecule has 112 valence electrons. The Kier molecular flexibility index (Phi) is 4.52. The third-order valence-corrected chi connectivity index (χ3v) is 4.38. The van der Waals surface area contributed by atoms with Crippen molar-refractivity contribution in [2.45, 2.75) is 58.3 Å². The number of rotatable bonds is 4. The van der Waals surface area contributed by atoms with Gasteiger partial charge in [-0.1, -0.05) is 23.8 Å². The summed E-state index contributed by atoms with van der Waals surface area (Å²) in [4.78, 5) is 2.23. The predicted molar refractivity (Wildman–Crippen MR) is 81.8 cm³/mol. The molecule has 1 aromatic rings. The number of nitrogens with zero attached hydrogens (tertiary/aromatic N) is 1. The number of hydrogen-bond acceptors (Lipinski definition) is 3. The second-order valence-electron chi connectivity index (χ2n) is 6.68. The molecule has 3 heteroatoms.